The van der Waals surface area contributed by atoms with E-state index in [1.807, 2.05) is 30.0 Å². The van der Waals surface area contributed by atoms with E-state index >= 15 is 0 Å². The molecule has 0 atom stereocenters. The van der Waals surface area contributed by atoms with Gasteiger partial charge < -0.3 is 0 Å². The molecule has 4 nitrogen and oxygen atoms in total. The number of Topliss-reactive ketones (excluding diaryl/α,β-unsaturated/α-hetero) is 1. The molecule has 1 amide bonds. The van der Waals surface area contributed by atoms with Crippen LogP contribution in [-0.4, -0.2) is 34.7 Å². The lowest BCUT2D eigenvalue weighted by Gasteiger charge is -2.35. The van der Waals surface area contributed by atoms with E-state index in [9.17, 15) is 9.59 Å². The average Bonchev–Trinajstić information content (AvgIpc) is 3.17. The third kappa shape index (κ3) is 4.68. The molecule has 5 heteroatoms. The molecule has 0 N–H and O–H groups in total. The zero-order chi connectivity index (χ0) is 22.4. The largest absolute Gasteiger partial charge is 0.298 e. The number of thioether (sulfide) groups is 1. The topological polar surface area (TPSA) is 49.7 Å². The van der Waals surface area contributed by atoms with Crippen LogP contribution in [0.25, 0.3) is 0 Å². The second-order valence-corrected chi connectivity index (χ2v) is 9.18. The third-order valence-corrected chi connectivity index (χ3v) is 7.08. The number of hydrogen-bond donors (Lipinski definition) is 0. The molecule has 1 aliphatic heterocycles. The quantitative estimate of drug-likeness (QED) is 0.424. The predicted octanol–water partition coefficient (Wildman–Crippen LogP) is 5.28. The molecule has 162 valence electrons. The molecule has 0 aromatic heterocycles. The summed E-state index contributed by atoms with van der Waals surface area (Å²) in [5.41, 5.74) is 4.48. The molecule has 3 aromatic rings. The molecule has 0 aliphatic carbocycles. The number of benzene rings is 3. The Kier molecular flexibility index (Phi) is 6.86. The van der Waals surface area contributed by atoms with E-state index in [1.54, 1.807) is 0 Å². The van der Waals surface area contributed by atoms with Crippen molar-refractivity contribution in [2.45, 2.75) is 24.5 Å². The van der Waals surface area contributed by atoms with Gasteiger partial charge in [-0.1, -0.05) is 91.0 Å². The Morgan fingerprint density at radius 2 is 1.34 bits per heavy atom. The first kappa shape index (κ1) is 22.0. The molecule has 1 heterocycles. The summed E-state index contributed by atoms with van der Waals surface area (Å²) in [5, 5.41) is 5.72. The predicted molar refractivity (Wildman–Crippen MR) is 131 cm³/mol. The van der Waals surface area contributed by atoms with Crippen LogP contribution in [0.3, 0.4) is 0 Å². The van der Waals surface area contributed by atoms with Crippen molar-refractivity contribution >= 4 is 29.2 Å². The molecule has 32 heavy (non-hydrogen) atoms. The monoisotopic (exact) mass is 442 g/mol. The van der Waals surface area contributed by atoms with Gasteiger partial charge in [-0.05, 0) is 30.0 Å². The number of nitrogens with zero attached hydrogens (tertiary/aromatic N) is 2. The highest BCUT2D eigenvalue weighted by atomic mass is 32.2. The fraction of sp³-hybridized carbons (Fsp3) is 0.222. The molecular formula is C27H26N2O2S. The van der Waals surface area contributed by atoms with E-state index < -0.39 is 0 Å². The van der Waals surface area contributed by atoms with Gasteiger partial charge in [0, 0.05) is 11.5 Å². The maximum atomic E-state index is 12.2. The fourth-order valence-electron chi connectivity index (χ4n) is 4.09. The molecule has 0 radical (unpaired) electrons. The second kappa shape index (κ2) is 9.96. The van der Waals surface area contributed by atoms with Gasteiger partial charge in [-0.15, -0.1) is 11.8 Å². The minimum atomic E-state index is -0.383. The second-order valence-electron chi connectivity index (χ2n) is 7.87. The normalized spacial score (nSPS) is 13.8. The number of rotatable bonds is 9. The Balaban J connectivity index is 1.66. The average molecular weight is 443 g/mol. The van der Waals surface area contributed by atoms with Gasteiger partial charge in [0.25, 0.3) is 0 Å². The van der Waals surface area contributed by atoms with Gasteiger partial charge >= 0.3 is 0 Å². The summed E-state index contributed by atoms with van der Waals surface area (Å²) < 4.78 is -0.383. The van der Waals surface area contributed by atoms with Crippen molar-refractivity contribution in [3.63, 3.8) is 0 Å². The summed E-state index contributed by atoms with van der Waals surface area (Å²) in [5.74, 6) is 0.633. The van der Waals surface area contributed by atoms with Crippen molar-refractivity contribution in [2.24, 2.45) is 5.10 Å². The van der Waals surface area contributed by atoms with Crippen LogP contribution in [0.5, 0.6) is 0 Å². The van der Waals surface area contributed by atoms with Gasteiger partial charge in [-0.25, -0.2) is 5.01 Å². The SMILES string of the molecule is CC(=O)CN1N=C(CCSC(c2ccccc2)(c2ccccc2)c2ccccc2)CC1=O. The minimum Gasteiger partial charge on any atom is -0.298 e. The van der Waals surface area contributed by atoms with E-state index in [0.29, 0.717) is 12.8 Å². The summed E-state index contributed by atoms with van der Waals surface area (Å²) >= 11 is 1.85. The van der Waals surface area contributed by atoms with Crippen molar-refractivity contribution in [1.82, 2.24) is 5.01 Å². The van der Waals surface area contributed by atoms with Crippen LogP contribution in [0.2, 0.25) is 0 Å². The number of hydrogen-bond acceptors (Lipinski definition) is 4. The molecule has 0 fully saturated rings. The van der Waals surface area contributed by atoms with Crippen LogP contribution < -0.4 is 0 Å². The van der Waals surface area contributed by atoms with Gasteiger partial charge in [0.2, 0.25) is 5.91 Å². The first-order chi connectivity index (χ1) is 15.6. The van der Waals surface area contributed by atoms with E-state index in [-0.39, 0.29) is 23.0 Å². The van der Waals surface area contributed by atoms with Crippen molar-refractivity contribution < 1.29 is 9.59 Å². The van der Waals surface area contributed by atoms with E-state index in [0.717, 1.165) is 11.5 Å². The molecule has 0 saturated carbocycles. The summed E-state index contributed by atoms with van der Waals surface area (Å²) in [6.07, 6.45) is 0.988. The van der Waals surface area contributed by atoms with Gasteiger partial charge in [-0.2, -0.15) is 5.10 Å². The Morgan fingerprint density at radius 1 is 0.875 bits per heavy atom. The van der Waals surface area contributed by atoms with Crippen LogP contribution in [0.1, 0.15) is 36.5 Å². The molecule has 4 rings (SSSR count). The number of carbonyl (C=O) groups excluding carboxylic acids is 2. The summed E-state index contributed by atoms with van der Waals surface area (Å²) in [6, 6.07) is 31.7. The Labute approximate surface area is 193 Å². The molecular weight excluding hydrogens is 416 g/mol. The first-order valence-electron chi connectivity index (χ1n) is 10.8. The maximum absolute atomic E-state index is 12.2. The van der Waals surface area contributed by atoms with Crippen LogP contribution in [0.4, 0.5) is 0 Å². The zero-order valence-corrected chi connectivity index (χ0v) is 18.9. The Hall–Kier alpha value is -3.18. The van der Waals surface area contributed by atoms with Crippen molar-refractivity contribution in [1.29, 1.82) is 0 Å². The molecule has 0 spiro atoms. The van der Waals surface area contributed by atoms with Gasteiger partial charge in [-0.3, -0.25) is 9.59 Å². The first-order valence-corrected chi connectivity index (χ1v) is 11.7. The summed E-state index contributed by atoms with van der Waals surface area (Å²) in [7, 11) is 0. The lowest BCUT2D eigenvalue weighted by atomic mass is 9.84. The van der Waals surface area contributed by atoms with Gasteiger partial charge in [0.15, 0.2) is 5.78 Å². The van der Waals surface area contributed by atoms with Crippen molar-refractivity contribution in [3.05, 3.63) is 108 Å². The van der Waals surface area contributed by atoms with Crippen LogP contribution >= 0.6 is 11.8 Å². The van der Waals surface area contributed by atoms with Crippen LogP contribution in [-0.2, 0) is 14.3 Å². The van der Waals surface area contributed by atoms with E-state index in [2.05, 4.69) is 77.9 Å². The van der Waals surface area contributed by atoms with Crippen molar-refractivity contribution in [3.8, 4) is 0 Å². The van der Waals surface area contributed by atoms with Crippen molar-refractivity contribution in [2.75, 3.05) is 12.3 Å². The molecule has 0 bridgehead atoms. The number of hydrazone groups is 1. The van der Waals surface area contributed by atoms with Crippen LogP contribution in [0.15, 0.2) is 96.1 Å². The maximum Gasteiger partial charge on any atom is 0.248 e. The lowest BCUT2D eigenvalue weighted by Crippen LogP contribution is -2.26. The van der Waals surface area contributed by atoms with Gasteiger partial charge in [0.1, 0.15) is 6.54 Å². The highest BCUT2D eigenvalue weighted by Crippen LogP contribution is 2.48. The standard InChI is InChI=1S/C27H26N2O2S/c1-21(30)20-29-26(31)19-25(28-29)17-18-32-27(22-11-5-2-6-12-22,23-13-7-3-8-14-23)24-15-9-4-10-16-24/h2-16H,17-20H2,1H3. The summed E-state index contributed by atoms with van der Waals surface area (Å²) in [4.78, 5) is 23.6. The summed E-state index contributed by atoms with van der Waals surface area (Å²) in [6.45, 7) is 1.53. The van der Waals surface area contributed by atoms with Gasteiger partial charge in [0.05, 0.1) is 11.2 Å². The minimum absolute atomic E-state index is 0.0530. The smallest absolute Gasteiger partial charge is 0.248 e. The Bertz CT molecular complexity index is 1000. The number of ketones is 1. The highest BCUT2D eigenvalue weighted by Gasteiger charge is 2.37. The number of amides is 1. The molecule has 0 saturated heterocycles. The van der Waals surface area contributed by atoms with Crippen LogP contribution in [0, 0.1) is 0 Å². The molecule has 0 unspecified atom stereocenters. The molecule has 1 aliphatic rings. The molecule has 3 aromatic carbocycles. The zero-order valence-electron chi connectivity index (χ0n) is 18.1. The fourth-order valence-corrected chi connectivity index (χ4v) is 5.64. The Morgan fingerprint density at radius 3 is 1.78 bits per heavy atom. The highest BCUT2D eigenvalue weighted by molar-refractivity contribution is 8.00. The third-order valence-electron chi connectivity index (χ3n) is 5.53. The number of carbonyl (C=O) groups is 2. The van der Waals surface area contributed by atoms with E-state index in [1.165, 1.54) is 28.6 Å². The van der Waals surface area contributed by atoms with E-state index in [4.69, 9.17) is 0 Å². The lowest BCUT2D eigenvalue weighted by molar-refractivity contribution is -0.132.